The van der Waals surface area contributed by atoms with Crippen molar-refractivity contribution in [3.05, 3.63) is 36.2 Å². The molecule has 0 aliphatic heterocycles. The van der Waals surface area contributed by atoms with E-state index in [0.717, 1.165) is 36.2 Å². The second-order valence-corrected chi connectivity index (χ2v) is 4.39. The van der Waals surface area contributed by atoms with Gasteiger partial charge in [0.15, 0.2) is 0 Å². The number of para-hydroxylation sites is 1. The van der Waals surface area contributed by atoms with E-state index in [1.54, 1.807) is 10.7 Å². The Morgan fingerprint density at radius 1 is 1.28 bits per heavy atom. The fourth-order valence-corrected chi connectivity index (χ4v) is 2.08. The first-order valence-corrected chi connectivity index (χ1v) is 6.18. The lowest BCUT2D eigenvalue weighted by molar-refractivity contribution is 0.477. The number of benzene rings is 1. The molecule has 1 aromatic carbocycles. The molecule has 2 aromatic rings. The van der Waals surface area contributed by atoms with E-state index in [1.807, 2.05) is 38.5 Å². The van der Waals surface area contributed by atoms with E-state index in [1.165, 1.54) is 0 Å². The monoisotopic (exact) mass is 245 g/mol. The summed E-state index contributed by atoms with van der Waals surface area (Å²) in [5, 5.41) is 17.5. The number of nitrogens with zero attached hydrogens (tertiary/aromatic N) is 2. The Balaban J connectivity index is 2.30. The van der Waals surface area contributed by atoms with Crippen molar-refractivity contribution < 1.29 is 5.11 Å². The molecule has 4 nitrogen and oxygen atoms in total. The molecule has 0 radical (unpaired) electrons. The van der Waals surface area contributed by atoms with E-state index in [4.69, 9.17) is 0 Å². The zero-order valence-electron chi connectivity index (χ0n) is 10.8. The van der Waals surface area contributed by atoms with Crippen molar-refractivity contribution in [2.75, 3.05) is 13.6 Å². The van der Waals surface area contributed by atoms with Gasteiger partial charge in [0.25, 0.3) is 0 Å². The maximum atomic E-state index is 9.92. The molecule has 0 amide bonds. The Hall–Kier alpha value is -1.81. The zero-order chi connectivity index (χ0) is 13.0. The number of phenolic OH excluding ortho intramolecular Hbond substituents is 1. The Labute approximate surface area is 107 Å². The molecule has 0 unspecified atom stereocenters. The SMILES string of the molecule is CNCCCc1nn(C)cc1-c1ccccc1O. The Bertz CT molecular complexity index is 520. The van der Waals surface area contributed by atoms with Gasteiger partial charge in [-0.25, -0.2) is 0 Å². The number of aryl methyl sites for hydroxylation is 2. The van der Waals surface area contributed by atoms with Gasteiger partial charge in [-0.1, -0.05) is 18.2 Å². The highest BCUT2D eigenvalue weighted by molar-refractivity contribution is 5.71. The fourth-order valence-electron chi connectivity index (χ4n) is 2.08. The number of rotatable bonds is 5. The van der Waals surface area contributed by atoms with Crippen molar-refractivity contribution in [1.29, 1.82) is 0 Å². The van der Waals surface area contributed by atoms with Gasteiger partial charge >= 0.3 is 0 Å². The minimum Gasteiger partial charge on any atom is -0.507 e. The van der Waals surface area contributed by atoms with Crippen LogP contribution in [-0.4, -0.2) is 28.5 Å². The van der Waals surface area contributed by atoms with E-state index in [-0.39, 0.29) is 0 Å². The lowest BCUT2D eigenvalue weighted by atomic mass is 10.0. The van der Waals surface area contributed by atoms with Crippen LogP contribution in [0.3, 0.4) is 0 Å². The standard InChI is InChI=1S/C14H19N3O/c1-15-9-5-7-13-12(10-17(2)16-13)11-6-3-4-8-14(11)18/h3-4,6,8,10,15,18H,5,7,9H2,1-2H3. The molecule has 1 heterocycles. The number of hydrogen-bond acceptors (Lipinski definition) is 3. The van der Waals surface area contributed by atoms with Crippen molar-refractivity contribution in [3.63, 3.8) is 0 Å². The van der Waals surface area contributed by atoms with Crippen LogP contribution < -0.4 is 5.32 Å². The fraction of sp³-hybridized carbons (Fsp3) is 0.357. The molecule has 0 aliphatic rings. The summed E-state index contributed by atoms with van der Waals surface area (Å²) in [6, 6.07) is 7.39. The minimum absolute atomic E-state index is 0.306. The summed E-state index contributed by atoms with van der Waals surface area (Å²) in [5.41, 5.74) is 2.91. The van der Waals surface area contributed by atoms with Crippen LogP contribution >= 0.6 is 0 Å². The van der Waals surface area contributed by atoms with Crippen molar-refractivity contribution >= 4 is 0 Å². The maximum Gasteiger partial charge on any atom is 0.123 e. The largest absolute Gasteiger partial charge is 0.507 e. The topological polar surface area (TPSA) is 50.1 Å². The number of nitrogens with one attached hydrogen (secondary N) is 1. The first-order chi connectivity index (χ1) is 8.72. The molecule has 0 fully saturated rings. The molecule has 2 N–H and O–H groups in total. The molecule has 1 aromatic heterocycles. The van der Waals surface area contributed by atoms with Gasteiger partial charge in [0, 0.05) is 24.4 Å². The van der Waals surface area contributed by atoms with E-state index in [2.05, 4.69) is 10.4 Å². The van der Waals surface area contributed by atoms with Crippen LogP contribution in [0.1, 0.15) is 12.1 Å². The Morgan fingerprint density at radius 3 is 2.78 bits per heavy atom. The molecule has 4 heteroatoms. The minimum atomic E-state index is 0.306. The molecule has 96 valence electrons. The van der Waals surface area contributed by atoms with Crippen LogP contribution in [-0.2, 0) is 13.5 Å². The van der Waals surface area contributed by atoms with Crippen molar-refractivity contribution in [1.82, 2.24) is 15.1 Å². The smallest absolute Gasteiger partial charge is 0.123 e. The average Bonchev–Trinajstić information content (AvgIpc) is 2.71. The van der Waals surface area contributed by atoms with Gasteiger partial charge in [0.05, 0.1) is 5.69 Å². The normalized spacial score (nSPS) is 10.8. The second kappa shape index (κ2) is 5.69. The molecular formula is C14H19N3O. The van der Waals surface area contributed by atoms with E-state index in [0.29, 0.717) is 5.75 Å². The van der Waals surface area contributed by atoms with Crippen molar-refractivity contribution in [3.8, 4) is 16.9 Å². The molecule has 0 spiro atoms. The Morgan fingerprint density at radius 2 is 2.06 bits per heavy atom. The summed E-state index contributed by atoms with van der Waals surface area (Å²) in [5.74, 6) is 0.306. The summed E-state index contributed by atoms with van der Waals surface area (Å²) in [6.07, 6.45) is 3.91. The first-order valence-electron chi connectivity index (χ1n) is 6.18. The summed E-state index contributed by atoms with van der Waals surface area (Å²) in [4.78, 5) is 0. The third-order valence-electron chi connectivity index (χ3n) is 2.94. The third-order valence-corrected chi connectivity index (χ3v) is 2.94. The van der Waals surface area contributed by atoms with Gasteiger partial charge in [0.2, 0.25) is 0 Å². The lowest BCUT2D eigenvalue weighted by Crippen LogP contribution is -2.08. The van der Waals surface area contributed by atoms with E-state index >= 15 is 0 Å². The van der Waals surface area contributed by atoms with Crippen LogP contribution in [0.2, 0.25) is 0 Å². The van der Waals surface area contributed by atoms with Crippen LogP contribution in [0.4, 0.5) is 0 Å². The summed E-state index contributed by atoms with van der Waals surface area (Å²) in [6.45, 7) is 0.969. The van der Waals surface area contributed by atoms with Gasteiger partial charge < -0.3 is 10.4 Å². The number of aromatic hydroxyl groups is 1. The first kappa shape index (κ1) is 12.6. The van der Waals surface area contributed by atoms with Gasteiger partial charge in [-0.3, -0.25) is 4.68 Å². The second-order valence-electron chi connectivity index (χ2n) is 4.39. The predicted octanol–water partition coefficient (Wildman–Crippen LogP) is 1.94. The van der Waals surface area contributed by atoms with Crippen molar-refractivity contribution in [2.45, 2.75) is 12.8 Å². The third kappa shape index (κ3) is 2.71. The Kier molecular flexibility index (Phi) is 3.99. The highest BCUT2D eigenvalue weighted by atomic mass is 16.3. The quantitative estimate of drug-likeness (QED) is 0.792. The molecular weight excluding hydrogens is 226 g/mol. The molecule has 0 aliphatic carbocycles. The number of aromatic nitrogens is 2. The van der Waals surface area contributed by atoms with Gasteiger partial charge in [-0.05, 0) is 32.5 Å². The van der Waals surface area contributed by atoms with Crippen LogP contribution in [0.5, 0.6) is 5.75 Å². The number of hydrogen-bond donors (Lipinski definition) is 2. The van der Waals surface area contributed by atoms with Crippen LogP contribution in [0.15, 0.2) is 30.5 Å². The van der Waals surface area contributed by atoms with E-state index < -0.39 is 0 Å². The van der Waals surface area contributed by atoms with Gasteiger partial charge in [-0.15, -0.1) is 0 Å². The van der Waals surface area contributed by atoms with E-state index in [9.17, 15) is 5.11 Å². The molecule has 0 saturated heterocycles. The lowest BCUT2D eigenvalue weighted by Gasteiger charge is -2.04. The summed E-state index contributed by atoms with van der Waals surface area (Å²) < 4.78 is 1.80. The highest BCUT2D eigenvalue weighted by Crippen LogP contribution is 2.31. The van der Waals surface area contributed by atoms with Gasteiger partial charge in [-0.2, -0.15) is 5.10 Å². The molecule has 2 rings (SSSR count). The maximum absolute atomic E-state index is 9.92. The average molecular weight is 245 g/mol. The molecule has 0 bridgehead atoms. The zero-order valence-corrected chi connectivity index (χ0v) is 10.8. The highest BCUT2D eigenvalue weighted by Gasteiger charge is 2.12. The molecule has 0 atom stereocenters. The van der Waals surface area contributed by atoms with Crippen LogP contribution in [0, 0.1) is 0 Å². The molecule has 18 heavy (non-hydrogen) atoms. The summed E-state index contributed by atoms with van der Waals surface area (Å²) >= 11 is 0. The molecule has 0 saturated carbocycles. The summed E-state index contributed by atoms with van der Waals surface area (Å²) in [7, 11) is 3.85. The van der Waals surface area contributed by atoms with Crippen molar-refractivity contribution in [2.24, 2.45) is 7.05 Å². The number of phenols is 1. The predicted molar refractivity (Wildman–Crippen MR) is 72.6 cm³/mol. The van der Waals surface area contributed by atoms with Gasteiger partial charge in [0.1, 0.15) is 5.75 Å². The van der Waals surface area contributed by atoms with Crippen LogP contribution in [0.25, 0.3) is 11.1 Å².